The average Bonchev–Trinajstić information content (AvgIpc) is 2.54. The van der Waals surface area contributed by atoms with Crippen LogP contribution in [0.15, 0.2) is 47.3 Å². The van der Waals surface area contributed by atoms with Crippen LogP contribution in [0.1, 0.15) is 5.56 Å². The van der Waals surface area contributed by atoms with Gasteiger partial charge in [0, 0.05) is 16.2 Å². The number of methoxy groups -OCH3 is 1. The normalized spacial score (nSPS) is 11.1. The molecule has 0 aliphatic heterocycles. The Labute approximate surface area is 148 Å². The molecule has 0 bridgehead atoms. The van der Waals surface area contributed by atoms with Crippen molar-refractivity contribution in [2.75, 3.05) is 13.7 Å². The molecule has 2 aromatic carbocycles. The van der Waals surface area contributed by atoms with Crippen LogP contribution in [0.25, 0.3) is 22.3 Å². The van der Waals surface area contributed by atoms with Crippen LogP contribution in [-0.4, -0.2) is 23.3 Å². The molecule has 0 atom stereocenters. The zero-order valence-corrected chi connectivity index (χ0v) is 15.2. The molecule has 0 spiro atoms. The number of fused-ring (bicyclic) bond motifs is 1. The van der Waals surface area contributed by atoms with Crippen molar-refractivity contribution in [1.82, 2.24) is 9.55 Å². The van der Waals surface area contributed by atoms with Gasteiger partial charge < -0.3 is 4.74 Å². The standard InChI is InChI=1S/C18H17IN2O2/c1-12-4-3-5-13(10-12)17-20-16-7-6-14(19)11-15(16)18(22)21(17)8-9-23-2/h3-7,10-11H,8-9H2,1-2H3. The topological polar surface area (TPSA) is 44.1 Å². The highest BCUT2D eigenvalue weighted by Crippen LogP contribution is 2.21. The van der Waals surface area contributed by atoms with Crippen LogP contribution in [0, 0.1) is 10.5 Å². The van der Waals surface area contributed by atoms with Crippen LogP contribution in [0.5, 0.6) is 0 Å². The lowest BCUT2D eigenvalue weighted by atomic mass is 10.1. The summed E-state index contributed by atoms with van der Waals surface area (Å²) in [4.78, 5) is 17.7. The van der Waals surface area contributed by atoms with E-state index in [1.54, 1.807) is 11.7 Å². The SMILES string of the molecule is COCCn1c(-c2cccc(C)c2)nc2ccc(I)cc2c1=O. The first-order valence-electron chi connectivity index (χ1n) is 7.36. The summed E-state index contributed by atoms with van der Waals surface area (Å²) in [6.45, 7) is 2.98. The zero-order valence-electron chi connectivity index (χ0n) is 13.0. The van der Waals surface area contributed by atoms with Gasteiger partial charge in [0.1, 0.15) is 5.82 Å². The zero-order chi connectivity index (χ0) is 16.4. The van der Waals surface area contributed by atoms with Gasteiger partial charge in [0.2, 0.25) is 0 Å². The molecule has 0 amide bonds. The molecular weight excluding hydrogens is 403 g/mol. The first-order valence-corrected chi connectivity index (χ1v) is 8.44. The number of halogens is 1. The molecule has 0 aliphatic rings. The van der Waals surface area contributed by atoms with Crippen LogP contribution in [0.2, 0.25) is 0 Å². The Morgan fingerprint density at radius 1 is 1.22 bits per heavy atom. The molecule has 5 heteroatoms. The summed E-state index contributed by atoms with van der Waals surface area (Å²) in [5, 5.41) is 0.643. The van der Waals surface area contributed by atoms with Crippen molar-refractivity contribution in [3.05, 3.63) is 62.0 Å². The number of hydrogen-bond donors (Lipinski definition) is 0. The fraction of sp³-hybridized carbons (Fsp3) is 0.222. The second-order valence-electron chi connectivity index (χ2n) is 5.42. The molecule has 0 aliphatic carbocycles. The van der Waals surface area contributed by atoms with Crippen molar-refractivity contribution in [1.29, 1.82) is 0 Å². The lowest BCUT2D eigenvalue weighted by molar-refractivity contribution is 0.186. The van der Waals surface area contributed by atoms with Crippen LogP contribution < -0.4 is 5.56 Å². The van der Waals surface area contributed by atoms with Crippen LogP contribution >= 0.6 is 22.6 Å². The highest BCUT2D eigenvalue weighted by atomic mass is 127. The molecule has 23 heavy (non-hydrogen) atoms. The van der Waals surface area contributed by atoms with Crippen LogP contribution in [0.4, 0.5) is 0 Å². The molecule has 0 N–H and O–H groups in total. The summed E-state index contributed by atoms with van der Waals surface area (Å²) >= 11 is 2.21. The first-order chi connectivity index (χ1) is 11.1. The lowest BCUT2D eigenvalue weighted by Gasteiger charge is -2.14. The number of benzene rings is 2. The number of aryl methyl sites for hydroxylation is 1. The Kier molecular flexibility index (Phi) is 4.77. The Bertz CT molecular complexity index is 919. The number of rotatable bonds is 4. The first kappa shape index (κ1) is 16.1. The highest BCUT2D eigenvalue weighted by Gasteiger charge is 2.13. The van der Waals surface area contributed by atoms with Crippen molar-refractivity contribution < 1.29 is 4.74 Å². The minimum Gasteiger partial charge on any atom is -0.383 e. The molecule has 118 valence electrons. The van der Waals surface area contributed by atoms with Gasteiger partial charge in [-0.1, -0.05) is 23.8 Å². The Hall–Kier alpha value is -1.73. The summed E-state index contributed by atoms with van der Waals surface area (Å²) < 4.78 is 7.89. The largest absolute Gasteiger partial charge is 0.383 e. The van der Waals surface area contributed by atoms with Crippen LogP contribution in [0.3, 0.4) is 0 Å². The summed E-state index contributed by atoms with van der Waals surface area (Å²) in [6, 6.07) is 13.8. The van der Waals surface area contributed by atoms with Crippen molar-refractivity contribution in [3.8, 4) is 11.4 Å². The molecular formula is C18H17IN2O2. The highest BCUT2D eigenvalue weighted by molar-refractivity contribution is 14.1. The van der Waals surface area contributed by atoms with E-state index < -0.39 is 0 Å². The Balaban J connectivity index is 2.30. The van der Waals surface area contributed by atoms with Gasteiger partial charge in [-0.05, 0) is 53.8 Å². The van der Waals surface area contributed by atoms with E-state index in [2.05, 4.69) is 22.6 Å². The Morgan fingerprint density at radius 2 is 2.04 bits per heavy atom. The molecule has 0 saturated heterocycles. The van der Waals surface area contributed by atoms with Gasteiger partial charge >= 0.3 is 0 Å². The maximum absolute atomic E-state index is 12.9. The second kappa shape index (κ2) is 6.80. The van der Waals surface area contributed by atoms with E-state index in [4.69, 9.17) is 9.72 Å². The van der Waals surface area contributed by atoms with Gasteiger partial charge in [0.05, 0.1) is 24.1 Å². The minimum atomic E-state index is -0.0259. The molecule has 0 unspecified atom stereocenters. The van der Waals surface area contributed by atoms with Gasteiger partial charge in [-0.2, -0.15) is 0 Å². The van der Waals surface area contributed by atoms with E-state index in [1.165, 1.54) is 0 Å². The molecule has 3 aromatic rings. The monoisotopic (exact) mass is 420 g/mol. The van der Waals surface area contributed by atoms with Crippen molar-refractivity contribution in [3.63, 3.8) is 0 Å². The summed E-state index contributed by atoms with van der Waals surface area (Å²) in [7, 11) is 1.63. The number of ether oxygens (including phenoxy) is 1. The summed E-state index contributed by atoms with van der Waals surface area (Å²) in [5.41, 5.74) is 2.78. The fourth-order valence-corrected chi connectivity index (χ4v) is 3.08. The third-order valence-electron chi connectivity index (χ3n) is 3.71. The summed E-state index contributed by atoms with van der Waals surface area (Å²) in [6.07, 6.45) is 0. The predicted octanol–water partition coefficient (Wildman–Crippen LogP) is 3.62. The number of nitrogens with zero attached hydrogens (tertiary/aromatic N) is 2. The molecule has 0 saturated carbocycles. The maximum Gasteiger partial charge on any atom is 0.261 e. The minimum absolute atomic E-state index is 0.0259. The fourth-order valence-electron chi connectivity index (χ4n) is 2.59. The molecule has 0 radical (unpaired) electrons. The Morgan fingerprint density at radius 3 is 2.78 bits per heavy atom. The van der Waals surface area contributed by atoms with Gasteiger partial charge in [-0.3, -0.25) is 9.36 Å². The smallest absolute Gasteiger partial charge is 0.261 e. The molecule has 1 aromatic heterocycles. The number of aromatic nitrogens is 2. The van der Waals surface area contributed by atoms with Gasteiger partial charge in [-0.25, -0.2) is 4.98 Å². The van der Waals surface area contributed by atoms with Crippen molar-refractivity contribution in [2.24, 2.45) is 0 Å². The van der Waals surface area contributed by atoms with E-state index in [-0.39, 0.29) is 5.56 Å². The van der Waals surface area contributed by atoms with E-state index in [9.17, 15) is 4.79 Å². The maximum atomic E-state index is 12.9. The van der Waals surface area contributed by atoms with Gasteiger partial charge in [-0.15, -0.1) is 0 Å². The molecule has 0 fully saturated rings. The third kappa shape index (κ3) is 3.30. The molecule has 1 heterocycles. The lowest BCUT2D eigenvalue weighted by Crippen LogP contribution is -2.25. The van der Waals surface area contributed by atoms with Crippen molar-refractivity contribution >= 4 is 33.5 Å². The second-order valence-corrected chi connectivity index (χ2v) is 6.66. The number of hydrogen-bond acceptors (Lipinski definition) is 3. The van der Waals surface area contributed by atoms with E-state index in [0.29, 0.717) is 24.4 Å². The quantitative estimate of drug-likeness (QED) is 0.606. The molecule has 3 rings (SSSR count). The third-order valence-corrected chi connectivity index (χ3v) is 4.38. The van der Waals surface area contributed by atoms with Crippen molar-refractivity contribution in [2.45, 2.75) is 13.5 Å². The van der Waals surface area contributed by atoms with Gasteiger partial charge in [0.25, 0.3) is 5.56 Å². The predicted molar refractivity (Wildman–Crippen MR) is 101 cm³/mol. The summed E-state index contributed by atoms with van der Waals surface area (Å²) in [5.74, 6) is 0.685. The van der Waals surface area contributed by atoms with E-state index in [1.807, 2.05) is 49.4 Å². The average molecular weight is 420 g/mol. The van der Waals surface area contributed by atoms with E-state index >= 15 is 0 Å². The van der Waals surface area contributed by atoms with Gasteiger partial charge in [0.15, 0.2) is 0 Å². The van der Waals surface area contributed by atoms with E-state index in [0.717, 1.165) is 20.2 Å². The van der Waals surface area contributed by atoms with Crippen LogP contribution in [-0.2, 0) is 11.3 Å². The molecule has 4 nitrogen and oxygen atoms in total.